The first-order valence-corrected chi connectivity index (χ1v) is 6.55. The second-order valence-electron chi connectivity index (χ2n) is 5.66. The lowest BCUT2D eigenvalue weighted by molar-refractivity contribution is -0.116. The van der Waals surface area contributed by atoms with Gasteiger partial charge in [0.25, 0.3) is 0 Å². The van der Waals surface area contributed by atoms with Gasteiger partial charge in [-0.25, -0.2) is 0 Å². The fourth-order valence-electron chi connectivity index (χ4n) is 2.55. The highest BCUT2D eigenvalue weighted by Crippen LogP contribution is 2.39. The molecule has 3 nitrogen and oxygen atoms in total. The fourth-order valence-corrected chi connectivity index (χ4v) is 2.55. The normalized spacial score (nSPS) is 19.9. The SMILES string of the molecule is Cc1c(C(N)C(C)C)cc2c(c1C)NC(=O)C2C. The Morgan fingerprint density at radius 1 is 1.28 bits per heavy atom. The molecule has 1 amide bonds. The van der Waals surface area contributed by atoms with Crippen molar-refractivity contribution in [2.24, 2.45) is 11.7 Å². The van der Waals surface area contributed by atoms with Crippen LogP contribution >= 0.6 is 0 Å². The molecule has 1 aromatic rings. The van der Waals surface area contributed by atoms with E-state index in [1.165, 1.54) is 11.1 Å². The van der Waals surface area contributed by atoms with E-state index in [9.17, 15) is 4.79 Å². The fraction of sp³-hybridized carbons (Fsp3) is 0.533. The van der Waals surface area contributed by atoms with E-state index in [0.29, 0.717) is 5.92 Å². The molecule has 18 heavy (non-hydrogen) atoms. The first-order valence-electron chi connectivity index (χ1n) is 6.55. The number of carbonyl (C=O) groups excluding carboxylic acids is 1. The average Bonchev–Trinajstić information content (AvgIpc) is 2.60. The minimum atomic E-state index is -0.0718. The molecule has 0 fully saturated rings. The van der Waals surface area contributed by atoms with Gasteiger partial charge < -0.3 is 11.1 Å². The lowest BCUT2D eigenvalue weighted by Gasteiger charge is -2.22. The third-order valence-corrected chi connectivity index (χ3v) is 4.16. The van der Waals surface area contributed by atoms with Crippen LogP contribution in [-0.2, 0) is 4.79 Å². The number of nitrogens with two attached hydrogens (primary N) is 1. The molecule has 98 valence electrons. The molecule has 0 aromatic heterocycles. The predicted octanol–water partition coefficient (Wildman–Crippen LogP) is 3.01. The molecular formula is C15H22N2O. The number of benzene rings is 1. The van der Waals surface area contributed by atoms with E-state index < -0.39 is 0 Å². The summed E-state index contributed by atoms with van der Waals surface area (Å²) in [6.07, 6.45) is 0. The molecule has 1 heterocycles. The molecule has 1 aromatic carbocycles. The molecular weight excluding hydrogens is 224 g/mol. The highest BCUT2D eigenvalue weighted by atomic mass is 16.2. The molecule has 3 N–H and O–H groups in total. The van der Waals surface area contributed by atoms with Crippen LogP contribution in [0.15, 0.2) is 6.07 Å². The van der Waals surface area contributed by atoms with Crippen molar-refractivity contribution >= 4 is 11.6 Å². The number of nitrogens with one attached hydrogen (secondary N) is 1. The molecule has 0 saturated heterocycles. The predicted molar refractivity (Wildman–Crippen MR) is 74.7 cm³/mol. The van der Waals surface area contributed by atoms with Crippen LogP contribution in [-0.4, -0.2) is 5.91 Å². The number of carbonyl (C=O) groups is 1. The summed E-state index contributed by atoms with van der Waals surface area (Å²) in [6.45, 7) is 10.3. The summed E-state index contributed by atoms with van der Waals surface area (Å²) < 4.78 is 0. The number of anilines is 1. The van der Waals surface area contributed by atoms with Gasteiger partial charge in [0.2, 0.25) is 5.91 Å². The van der Waals surface area contributed by atoms with Gasteiger partial charge in [-0.2, -0.15) is 0 Å². The Balaban J connectivity index is 2.60. The molecule has 0 radical (unpaired) electrons. The van der Waals surface area contributed by atoms with Gasteiger partial charge >= 0.3 is 0 Å². The van der Waals surface area contributed by atoms with Gasteiger partial charge in [0, 0.05) is 11.7 Å². The second-order valence-corrected chi connectivity index (χ2v) is 5.66. The van der Waals surface area contributed by atoms with Crippen molar-refractivity contribution in [3.05, 3.63) is 28.3 Å². The summed E-state index contributed by atoms with van der Waals surface area (Å²) >= 11 is 0. The Labute approximate surface area is 109 Å². The molecule has 3 heteroatoms. The van der Waals surface area contributed by atoms with Crippen molar-refractivity contribution in [2.45, 2.75) is 46.6 Å². The maximum Gasteiger partial charge on any atom is 0.231 e. The van der Waals surface area contributed by atoms with Crippen molar-refractivity contribution in [3.8, 4) is 0 Å². The van der Waals surface area contributed by atoms with Crippen LogP contribution < -0.4 is 11.1 Å². The zero-order valence-corrected chi connectivity index (χ0v) is 11.8. The van der Waals surface area contributed by atoms with Crippen molar-refractivity contribution in [3.63, 3.8) is 0 Å². The van der Waals surface area contributed by atoms with Gasteiger partial charge in [0.05, 0.1) is 5.92 Å². The topological polar surface area (TPSA) is 55.1 Å². The number of rotatable bonds is 2. The molecule has 1 aliphatic rings. The zero-order chi connectivity index (χ0) is 13.6. The number of hydrogen-bond donors (Lipinski definition) is 2. The van der Waals surface area contributed by atoms with E-state index >= 15 is 0 Å². The smallest absolute Gasteiger partial charge is 0.231 e. The van der Waals surface area contributed by atoms with Crippen LogP contribution in [0, 0.1) is 19.8 Å². The lowest BCUT2D eigenvalue weighted by atomic mass is 9.87. The third-order valence-electron chi connectivity index (χ3n) is 4.16. The minimum absolute atomic E-state index is 0.0249. The maximum atomic E-state index is 11.8. The van der Waals surface area contributed by atoms with Crippen LogP contribution in [0.5, 0.6) is 0 Å². The summed E-state index contributed by atoms with van der Waals surface area (Å²) in [7, 11) is 0. The van der Waals surface area contributed by atoms with Gasteiger partial charge in [-0.3, -0.25) is 4.79 Å². The molecule has 0 saturated carbocycles. The van der Waals surface area contributed by atoms with E-state index in [1.54, 1.807) is 0 Å². The molecule has 2 atom stereocenters. The first kappa shape index (κ1) is 13.1. The van der Waals surface area contributed by atoms with E-state index in [0.717, 1.165) is 16.8 Å². The van der Waals surface area contributed by atoms with Gasteiger partial charge in [0.1, 0.15) is 0 Å². The van der Waals surface area contributed by atoms with Gasteiger partial charge in [-0.15, -0.1) is 0 Å². The Morgan fingerprint density at radius 3 is 2.44 bits per heavy atom. The Kier molecular flexibility index (Phi) is 3.20. The molecule has 1 aliphatic heterocycles. The minimum Gasteiger partial charge on any atom is -0.325 e. The third kappa shape index (κ3) is 1.83. The molecule has 2 unspecified atom stereocenters. The van der Waals surface area contributed by atoms with Crippen molar-refractivity contribution in [1.29, 1.82) is 0 Å². The highest BCUT2D eigenvalue weighted by Gasteiger charge is 2.30. The van der Waals surface area contributed by atoms with Crippen LogP contribution in [0.3, 0.4) is 0 Å². The van der Waals surface area contributed by atoms with Crippen LogP contribution in [0.2, 0.25) is 0 Å². The van der Waals surface area contributed by atoms with Crippen molar-refractivity contribution < 1.29 is 4.79 Å². The molecule has 0 spiro atoms. The number of fused-ring (bicyclic) bond motifs is 1. The average molecular weight is 246 g/mol. The maximum absolute atomic E-state index is 11.8. The van der Waals surface area contributed by atoms with Crippen LogP contribution in [0.25, 0.3) is 0 Å². The Bertz CT molecular complexity index is 506. The molecule has 2 rings (SSSR count). The highest BCUT2D eigenvalue weighted by molar-refractivity contribution is 6.03. The van der Waals surface area contributed by atoms with E-state index in [2.05, 4.69) is 39.1 Å². The largest absolute Gasteiger partial charge is 0.325 e. The van der Waals surface area contributed by atoms with Gasteiger partial charge in [0.15, 0.2) is 0 Å². The number of amides is 1. The molecule has 0 bridgehead atoms. The van der Waals surface area contributed by atoms with Gasteiger partial charge in [-0.05, 0) is 48.9 Å². The summed E-state index contributed by atoms with van der Waals surface area (Å²) in [5, 5.41) is 2.97. The summed E-state index contributed by atoms with van der Waals surface area (Å²) in [6, 6.07) is 2.14. The second kappa shape index (κ2) is 4.39. The van der Waals surface area contributed by atoms with Crippen LogP contribution in [0.4, 0.5) is 5.69 Å². The van der Waals surface area contributed by atoms with Crippen molar-refractivity contribution in [2.75, 3.05) is 5.32 Å². The lowest BCUT2D eigenvalue weighted by Crippen LogP contribution is -2.18. The summed E-state index contributed by atoms with van der Waals surface area (Å²) in [4.78, 5) is 11.8. The van der Waals surface area contributed by atoms with E-state index in [1.807, 2.05) is 6.92 Å². The Morgan fingerprint density at radius 2 is 1.89 bits per heavy atom. The molecule has 0 aliphatic carbocycles. The monoisotopic (exact) mass is 246 g/mol. The summed E-state index contributed by atoms with van der Waals surface area (Å²) in [5.41, 5.74) is 11.9. The van der Waals surface area contributed by atoms with Crippen LogP contribution in [0.1, 0.15) is 55.0 Å². The zero-order valence-electron chi connectivity index (χ0n) is 11.8. The Hall–Kier alpha value is -1.35. The summed E-state index contributed by atoms with van der Waals surface area (Å²) in [5.74, 6) is 0.404. The van der Waals surface area contributed by atoms with E-state index in [-0.39, 0.29) is 17.9 Å². The standard InChI is InChI=1S/C15H22N2O/c1-7(2)13(16)11-6-12-10(5)15(18)17-14(12)9(4)8(11)3/h6-7,10,13H,16H2,1-5H3,(H,17,18). The van der Waals surface area contributed by atoms with Crippen molar-refractivity contribution in [1.82, 2.24) is 0 Å². The number of hydrogen-bond acceptors (Lipinski definition) is 2. The van der Waals surface area contributed by atoms with Gasteiger partial charge in [-0.1, -0.05) is 19.9 Å². The quantitative estimate of drug-likeness (QED) is 0.842. The first-order chi connectivity index (χ1) is 8.34. The van der Waals surface area contributed by atoms with E-state index in [4.69, 9.17) is 5.73 Å².